The van der Waals surface area contributed by atoms with Crippen molar-refractivity contribution in [1.82, 2.24) is 19.9 Å². The average molecular weight is 751 g/mol. The largest absolute Gasteiger partial charge is 0.256 e. The number of benzene rings is 7. The Kier molecular flexibility index (Phi) is 7.83. The van der Waals surface area contributed by atoms with Gasteiger partial charge >= 0.3 is 0 Å². The van der Waals surface area contributed by atoms with Crippen LogP contribution in [0.5, 0.6) is 0 Å². The van der Waals surface area contributed by atoms with Crippen molar-refractivity contribution in [2.75, 3.05) is 0 Å². The normalized spacial score (nSPS) is 11.6. The molecular formula is C50H30N4S2. The van der Waals surface area contributed by atoms with E-state index in [1.807, 2.05) is 77.4 Å². The molecule has 11 aromatic rings. The molecule has 4 aromatic heterocycles. The first-order valence-electron chi connectivity index (χ1n) is 18.5. The van der Waals surface area contributed by atoms with Crippen molar-refractivity contribution in [1.29, 1.82) is 0 Å². The number of pyridine rings is 1. The van der Waals surface area contributed by atoms with Crippen LogP contribution in [0.2, 0.25) is 0 Å². The third-order valence-electron chi connectivity index (χ3n) is 10.4. The van der Waals surface area contributed by atoms with Crippen LogP contribution in [0.1, 0.15) is 0 Å². The second-order valence-corrected chi connectivity index (χ2v) is 16.0. The van der Waals surface area contributed by atoms with Gasteiger partial charge in [-0.2, -0.15) is 0 Å². The number of hydrogen-bond acceptors (Lipinski definition) is 6. The Hall–Kier alpha value is -6.86. The van der Waals surface area contributed by atoms with Gasteiger partial charge in [0, 0.05) is 68.8 Å². The highest BCUT2D eigenvalue weighted by atomic mass is 32.1. The maximum Gasteiger partial charge on any atom is 0.164 e. The Morgan fingerprint density at radius 1 is 0.304 bits per heavy atom. The highest BCUT2D eigenvalue weighted by molar-refractivity contribution is 7.26. The highest BCUT2D eigenvalue weighted by Crippen LogP contribution is 2.41. The van der Waals surface area contributed by atoms with Gasteiger partial charge in [-0.3, -0.25) is 4.98 Å². The minimum absolute atomic E-state index is 0.597. The zero-order chi connectivity index (χ0) is 37.0. The van der Waals surface area contributed by atoms with Crippen molar-refractivity contribution < 1.29 is 0 Å². The third-order valence-corrected chi connectivity index (χ3v) is 12.7. The van der Waals surface area contributed by atoms with E-state index in [2.05, 4.69) is 127 Å². The lowest BCUT2D eigenvalue weighted by Crippen LogP contribution is -2.01. The van der Waals surface area contributed by atoms with Gasteiger partial charge < -0.3 is 0 Å². The molecule has 56 heavy (non-hydrogen) atoms. The minimum atomic E-state index is 0.597. The molecule has 262 valence electrons. The Labute approximate surface area is 331 Å². The molecule has 7 aromatic carbocycles. The summed E-state index contributed by atoms with van der Waals surface area (Å²) in [4.78, 5) is 20.3. The van der Waals surface area contributed by atoms with Crippen LogP contribution in [0, 0.1) is 0 Å². The summed E-state index contributed by atoms with van der Waals surface area (Å²) in [7, 11) is 0. The quantitative estimate of drug-likeness (QED) is 0.170. The van der Waals surface area contributed by atoms with Crippen molar-refractivity contribution in [3.05, 3.63) is 182 Å². The van der Waals surface area contributed by atoms with Crippen LogP contribution in [0.3, 0.4) is 0 Å². The van der Waals surface area contributed by atoms with Crippen molar-refractivity contribution in [3.8, 4) is 67.7 Å². The topological polar surface area (TPSA) is 51.6 Å². The second-order valence-electron chi connectivity index (χ2n) is 13.9. The van der Waals surface area contributed by atoms with Gasteiger partial charge in [-0.05, 0) is 89.0 Å². The number of hydrogen-bond donors (Lipinski definition) is 0. The Bertz CT molecular complexity index is 3130. The lowest BCUT2D eigenvalue weighted by Gasteiger charge is -2.14. The van der Waals surface area contributed by atoms with Crippen LogP contribution >= 0.6 is 22.7 Å². The SMILES string of the molecule is c1ccc(-c2nc(-c3cc(-c4ccc5sc6ccccc6c5c4)cc(-c4ccc5sc6ccccc6c5c4)c3)nc(-c3ccccc3-c3ccccn3)n2)cc1. The maximum atomic E-state index is 5.27. The molecule has 0 unspecified atom stereocenters. The number of rotatable bonds is 6. The van der Waals surface area contributed by atoms with Crippen LogP contribution in [0.4, 0.5) is 0 Å². The summed E-state index contributed by atoms with van der Waals surface area (Å²) in [5.74, 6) is 1.82. The van der Waals surface area contributed by atoms with E-state index in [1.165, 1.54) is 40.3 Å². The van der Waals surface area contributed by atoms with Crippen LogP contribution in [-0.4, -0.2) is 19.9 Å². The summed E-state index contributed by atoms with van der Waals surface area (Å²) in [5, 5.41) is 5.09. The lowest BCUT2D eigenvalue weighted by atomic mass is 9.94. The molecule has 0 amide bonds. The molecule has 0 spiro atoms. The van der Waals surface area contributed by atoms with Crippen molar-refractivity contribution in [2.24, 2.45) is 0 Å². The second kappa shape index (κ2) is 13.5. The molecular weight excluding hydrogens is 721 g/mol. The first-order valence-corrected chi connectivity index (χ1v) is 20.2. The molecule has 0 saturated heterocycles. The smallest absolute Gasteiger partial charge is 0.164 e. The van der Waals surface area contributed by atoms with Crippen molar-refractivity contribution >= 4 is 63.0 Å². The number of aromatic nitrogens is 4. The number of fused-ring (bicyclic) bond motifs is 6. The number of nitrogens with zero attached hydrogens (tertiary/aromatic N) is 4. The summed E-state index contributed by atoms with van der Waals surface area (Å²) >= 11 is 3.67. The molecule has 0 aliphatic heterocycles. The summed E-state index contributed by atoms with van der Waals surface area (Å²) < 4.78 is 5.15. The first kappa shape index (κ1) is 32.6. The lowest BCUT2D eigenvalue weighted by molar-refractivity contribution is 1.07. The molecule has 11 rings (SSSR count). The van der Waals surface area contributed by atoms with Gasteiger partial charge in [0.1, 0.15) is 0 Å². The summed E-state index contributed by atoms with van der Waals surface area (Å²) in [6.45, 7) is 0. The molecule has 4 nitrogen and oxygen atoms in total. The third kappa shape index (κ3) is 5.75. The Morgan fingerprint density at radius 3 is 1.43 bits per heavy atom. The van der Waals surface area contributed by atoms with Gasteiger partial charge in [0.2, 0.25) is 0 Å². The maximum absolute atomic E-state index is 5.27. The molecule has 0 bridgehead atoms. The fourth-order valence-corrected chi connectivity index (χ4v) is 9.84. The molecule has 0 radical (unpaired) electrons. The van der Waals surface area contributed by atoms with E-state index in [0.29, 0.717) is 17.5 Å². The standard InChI is InChI=1S/C50H30N4S2/c1-2-12-31(13-3-1)48-52-49(54-50(53-48)40-17-5-4-14-37(40)43-18-10-11-25-51-43)36-27-34(32-21-23-46-41(29-32)38-15-6-8-19-44(38)55-46)26-35(28-36)33-22-24-47-42(30-33)39-16-7-9-20-45(39)56-47/h1-30H. The predicted octanol–water partition coefficient (Wildman–Crippen LogP) is 14.0. The summed E-state index contributed by atoms with van der Waals surface area (Å²) in [5.41, 5.74) is 9.05. The van der Waals surface area contributed by atoms with Crippen LogP contribution in [0.15, 0.2) is 182 Å². The number of thiophene rings is 2. The van der Waals surface area contributed by atoms with Crippen LogP contribution in [0.25, 0.3) is 108 Å². The minimum Gasteiger partial charge on any atom is -0.256 e. The summed E-state index contributed by atoms with van der Waals surface area (Å²) in [6, 6.07) is 62.1. The van der Waals surface area contributed by atoms with E-state index in [0.717, 1.165) is 50.2 Å². The highest BCUT2D eigenvalue weighted by Gasteiger charge is 2.18. The molecule has 0 saturated carbocycles. The molecule has 0 fully saturated rings. The molecule has 0 N–H and O–H groups in total. The predicted molar refractivity (Wildman–Crippen MR) is 236 cm³/mol. The monoisotopic (exact) mass is 750 g/mol. The fourth-order valence-electron chi connectivity index (χ4n) is 7.67. The summed E-state index contributed by atoms with van der Waals surface area (Å²) in [6.07, 6.45) is 1.82. The van der Waals surface area contributed by atoms with Gasteiger partial charge in [-0.1, -0.05) is 109 Å². The Balaban J connectivity index is 1.15. The van der Waals surface area contributed by atoms with E-state index >= 15 is 0 Å². The van der Waals surface area contributed by atoms with Crippen molar-refractivity contribution in [3.63, 3.8) is 0 Å². The van der Waals surface area contributed by atoms with Crippen LogP contribution in [-0.2, 0) is 0 Å². The molecule has 0 aliphatic carbocycles. The van der Waals surface area contributed by atoms with Gasteiger partial charge in [-0.15, -0.1) is 22.7 Å². The molecule has 6 heteroatoms. The van der Waals surface area contributed by atoms with Crippen LogP contribution < -0.4 is 0 Å². The first-order chi connectivity index (χ1) is 27.7. The zero-order valence-corrected chi connectivity index (χ0v) is 31.6. The molecule has 0 aliphatic rings. The van der Waals surface area contributed by atoms with E-state index in [4.69, 9.17) is 19.9 Å². The molecule has 0 atom stereocenters. The fraction of sp³-hybridized carbons (Fsp3) is 0. The van der Waals surface area contributed by atoms with E-state index in [-0.39, 0.29) is 0 Å². The van der Waals surface area contributed by atoms with E-state index in [9.17, 15) is 0 Å². The Morgan fingerprint density at radius 2 is 0.804 bits per heavy atom. The van der Waals surface area contributed by atoms with E-state index < -0.39 is 0 Å². The van der Waals surface area contributed by atoms with Gasteiger partial charge in [0.25, 0.3) is 0 Å². The van der Waals surface area contributed by atoms with Crippen molar-refractivity contribution in [2.45, 2.75) is 0 Å². The van der Waals surface area contributed by atoms with Gasteiger partial charge in [0.05, 0.1) is 5.69 Å². The van der Waals surface area contributed by atoms with Gasteiger partial charge in [-0.25, -0.2) is 15.0 Å². The van der Waals surface area contributed by atoms with E-state index in [1.54, 1.807) is 0 Å². The average Bonchev–Trinajstić information content (AvgIpc) is 3.84. The van der Waals surface area contributed by atoms with Gasteiger partial charge in [0.15, 0.2) is 17.5 Å². The zero-order valence-electron chi connectivity index (χ0n) is 29.9. The molecule has 4 heterocycles.